The van der Waals surface area contributed by atoms with Crippen LogP contribution in [0.15, 0.2) is 59.8 Å². The van der Waals surface area contributed by atoms with E-state index in [1.54, 1.807) is 30.5 Å². The molecule has 27 heavy (non-hydrogen) atoms. The first-order valence-corrected chi connectivity index (χ1v) is 8.76. The maximum Gasteiger partial charge on any atom is 0.271 e. The number of aromatic nitrogens is 1. The van der Waals surface area contributed by atoms with Crippen molar-refractivity contribution in [1.82, 2.24) is 9.99 Å². The fourth-order valence-corrected chi connectivity index (χ4v) is 2.90. The van der Waals surface area contributed by atoms with Crippen LogP contribution in [0, 0.1) is 0 Å². The lowest BCUT2D eigenvalue weighted by molar-refractivity contribution is -0.114. The third kappa shape index (κ3) is 4.23. The summed E-state index contributed by atoms with van der Waals surface area (Å²) in [6, 6.07) is 15.1. The van der Waals surface area contributed by atoms with Crippen molar-refractivity contribution >= 4 is 34.6 Å². The molecule has 2 N–H and O–H groups in total. The van der Waals surface area contributed by atoms with E-state index in [2.05, 4.69) is 40.3 Å². The second kappa shape index (κ2) is 7.86. The highest BCUT2D eigenvalue weighted by Gasteiger charge is 2.09. The Morgan fingerprint density at radius 1 is 1.07 bits per heavy atom. The molecule has 0 unspecified atom stereocenters. The zero-order chi connectivity index (χ0) is 19.4. The third-order valence-electron chi connectivity index (χ3n) is 4.16. The minimum absolute atomic E-state index is 0.155. The van der Waals surface area contributed by atoms with Crippen LogP contribution in [-0.2, 0) is 4.79 Å². The van der Waals surface area contributed by atoms with Crippen LogP contribution < -0.4 is 10.7 Å². The Morgan fingerprint density at radius 2 is 1.78 bits per heavy atom. The van der Waals surface area contributed by atoms with Crippen molar-refractivity contribution in [1.29, 1.82) is 0 Å². The van der Waals surface area contributed by atoms with Gasteiger partial charge in [-0.25, -0.2) is 5.43 Å². The molecule has 0 aliphatic heterocycles. The number of nitrogens with one attached hydrogen (secondary N) is 2. The largest absolute Gasteiger partial charge is 0.344 e. The quantitative estimate of drug-likeness (QED) is 0.533. The van der Waals surface area contributed by atoms with E-state index in [1.165, 1.54) is 6.92 Å². The Hall–Kier alpha value is -3.41. The Bertz CT molecular complexity index is 1000. The van der Waals surface area contributed by atoms with E-state index >= 15 is 0 Å². The number of benzene rings is 2. The molecule has 2 aromatic carbocycles. The lowest BCUT2D eigenvalue weighted by Gasteiger charge is -2.08. The first kappa shape index (κ1) is 18.4. The Balaban J connectivity index is 1.73. The maximum absolute atomic E-state index is 12.2. The summed E-state index contributed by atoms with van der Waals surface area (Å²) in [4.78, 5) is 23.3. The second-order valence-corrected chi connectivity index (χ2v) is 6.56. The predicted molar refractivity (Wildman–Crippen MR) is 108 cm³/mol. The highest BCUT2D eigenvalue weighted by molar-refractivity contribution is 6.00. The predicted octanol–water partition coefficient (Wildman–Crippen LogP) is 3.94. The molecule has 0 saturated heterocycles. The number of anilines is 1. The smallest absolute Gasteiger partial charge is 0.271 e. The van der Waals surface area contributed by atoms with Crippen molar-refractivity contribution in [3.05, 3.63) is 65.9 Å². The molecule has 1 heterocycles. The van der Waals surface area contributed by atoms with Gasteiger partial charge >= 0.3 is 0 Å². The average Bonchev–Trinajstić information content (AvgIpc) is 3.01. The van der Waals surface area contributed by atoms with E-state index in [1.807, 2.05) is 24.4 Å². The van der Waals surface area contributed by atoms with Crippen molar-refractivity contribution < 1.29 is 9.59 Å². The lowest BCUT2D eigenvalue weighted by atomic mass is 10.2. The molecule has 6 nitrogen and oxygen atoms in total. The molecule has 0 bridgehead atoms. The van der Waals surface area contributed by atoms with Crippen molar-refractivity contribution in [3.8, 4) is 0 Å². The molecule has 6 heteroatoms. The minimum atomic E-state index is -0.312. The number of hydrazone groups is 1. The Labute approximate surface area is 157 Å². The standard InChI is InChI=1S/C21H22N4O2/c1-14(2)25-13-17(19-6-4-5-7-20(19)25)12-22-24-21(27)16-8-10-18(11-9-16)23-15(3)26/h4-14H,1-3H3,(H,23,26)(H,24,27)/b22-12-. The summed E-state index contributed by atoms with van der Waals surface area (Å²) < 4.78 is 2.18. The van der Waals surface area contributed by atoms with Crippen molar-refractivity contribution in [2.24, 2.45) is 5.10 Å². The summed E-state index contributed by atoms with van der Waals surface area (Å²) >= 11 is 0. The van der Waals surface area contributed by atoms with E-state index < -0.39 is 0 Å². The molecular formula is C21H22N4O2. The van der Waals surface area contributed by atoms with Crippen molar-refractivity contribution in [2.45, 2.75) is 26.8 Å². The van der Waals surface area contributed by atoms with Crippen molar-refractivity contribution in [3.63, 3.8) is 0 Å². The highest BCUT2D eigenvalue weighted by atomic mass is 16.2. The minimum Gasteiger partial charge on any atom is -0.344 e. The molecule has 0 radical (unpaired) electrons. The number of para-hydroxylation sites is 1. The van der Waals surface area contributed by atoms with E-state index in [9.17, 15) is 9.59 Å². The Morgan fingerprint density at radius 3 is 2.44 bits per heavy atom. The van der Waals surface area contributed by atoms with Gasteiger partial charge in [0.25, 0.3) is 5.91 Å². The molecule has 0 atom stereocenters. The van der Waals surface area contributed by atoms with E-state index in [0.717, 1.165) is 16.5 Å². The molecule has 3 aromatic rings. The van der Waals surface area contributed by atoms with Gasteiger partial charge in [0.2, 0.25) is 5.91 Å². The van der Waals surface area contributed by atoms with Crippen LogP contribution in [0.3, 0.4) is 0 Å². The van der Waals surface area contributed by atoms with Crippen LogP contribution in [0.4, 0.5) is 5.69 Å². The van der Waals surface area contributed by atoms with E-state index in [0.29, 0.717) is 17.3 Å². The van der Waals surface area contributed by atoms with Crippen LogP contribution >= 0.6 is 0 Å². The Kier molecular flexibility index (Phi) is 5.35. The van der Waals surface area contributed by atoms with Gasteiger partial charge in [0.1, 0.15) is 0 Å². The first-order chi connectivity index (χ1) is 13.0. The maximum atomic E-state index is 12.2. The van der Waals surface area contributed by atoms with Gasteiger partial charge in [-0.05, 0) is 44.2 Å². The number of carbonyl (C=O) groups excluding carboxylic acids is 2. The highest BCUT2D eigenvalue weighted by Crippen LogP contribution is 2.23. The zero-order valence-corrected chi connectivity index (χ0v) is 15.6. The molecule has 2 amide bonds. The number of hydrogen-bond acceptors (Lipinski definition) is 3. The van der Waals surface area contributed by atoms with Crippen LogP contribution in [0.2, 0.25) is 0 Å². The second-order valence-electron chi connectivity index (χ2n) is 6.56. The molecular weight excluding hydrogens is 340 g/mol. The van der Waals surface area contributed by atoms with Gasteiger partial charge in [0.15, 0.2) is 0 Å². The summed E-state index contributed by atoms with van der Waals surface area (Å²) in [5.41, 5.74) is 5.73. The van der Waals surface area contributed by atoms with Crippen LogP contribution in [0.1, 0.15) is 42.7 Å². The number of rotatable bonds is 5. The SMILES string of the molecule is CC(=O)Nc1ccc(C(=O)N/N=C\c2cn(C(C)C)c3ccccc23)cc1. The van der Waals surface area contributed by atoms with Gasteiger partial charge < -0.3 is 9.88 Å². The molecule has 138 valence electrons. The number of nitrogens with zero attached hydrogens (tertiary/aromatic N) is 2. The monoisotopic (exact) mass is 362 g/mol. The van der Waals surface area contributed by atoms with Crippen LogP contribution in [0.5, 0.6) is 0 Å². The number of carbonyl (C=O) groups is 2. The first-order valence-electron chi connectivity index (χ1n) is 8.76. The average molecular weight is 362 g/mol. The third-order valence-corrected chi connectivity index (χ3v) is 4.16. The summed E-state index contributed by atoms with van der Waals surface area (Å²) in [5.74, 6) is -0.467. The summed E-state index contributed by atoms with van der Waals surface area (Å²) in [7, 11) is 0. The van der Waals surface area contributed by atoms with E-state index in [-0.39, 0.29) is 11.8 Å². The van der Waals surface area contributed by atoms with Gasteiger partial charge in [0.05, 0.1) is 6.21 Å². The fourth-order valence-electron chi connectivity index (χ4n) is 2.90. The molecule has 1 aromatic heterocycles. The molecule has 0 fully saturated rings. The van der Waals surface area contributed by atoms with Gasteiger partial charge in [-0.2, -0.15) is 5.10 Å². The normalized spacial score (nSPS) is 11.3. The topological polar surface area (TPSA) is 75.5 Å². The molecule has 0 saturated carbocycles. The van der Waals surface area contributed by atoms with Gasteiger partial charge in [-0.15, -0.1) is 0 Å². The molecule has 0 aliphatic carbocycles. The van der Waals surface area contributed by atoms with Gasteiger partial charge in [-0.1, -0.05) is 18.2 Å². The molecule has 3 rings (SSSR count). The molecule has 0 aliphatic rings. The van der Waals surface area contributed by atoms with Crippen LogP contribution in [-0.4, -0.2) is 22.6 Å². The summed E-state index contributed by atoms with van der Waals surface area (Å²) in [6.07, 6.45) is 3.69. The molecule has 0 spiro atoms. The number of fused-ring (bicyclic) bond motifs is 1. The number of amides is 2. The summed E-state index contributed by atoms with van der Waals surface area (Å²) in [5, 5.41) is 7.85. The fraction of sp³-hybridized carbons (Fsp3) is 0.190. The van der Waals surface area contributed by atoms with Gasteiger partial charge in [-0.3, -0.25) is 9.59 Å². The van der Waals surface area contributed by atoms with Crippen molar-refractivity contribution in [2.75, 3.05) is 5.32 Å². The summed E-state index contributed by atoms with van der Waals surface area (Å²) in [6.45, 7) is 5.69. The van der Waals surface area contributed by atoms with Crippen LogP contribution in [0.25, 0.3) is 10.9 Å². The zero-order valence-electron chi connectivity index (χ0n) is 15.6. The van der Waals surface area contributed by atoms with Gasteiger partial charge in [0, 0.05) is 46.9 Å². The lowest BCUT2D eigenvalue weighted by Crippen LogP contribution is -2.17. The number of hydrogen-bond donors (Lipinski definition) is 2. The van der Waals surface area contributed by atoms with E-state index in [4.69, 9.17) is 0 Å².